The molecule has 2 N–H and O–H groups in total. The van der Waals surface area contributed by atoms with Crippen LogP contribution in [0.25, 0.3) is 20.8 Å². The molecule has 0 aliphatic carbocycles. The van der Waals surface area contributed by atoms with E-state index in [2.05, 4.69) is 42.5 Å². The summed E-state index contributed by atoms with van der Waals surface area (Å²) in [6.07, 6.45) is 0. The molecule has 1 aromatic heterocycles. The fraction of sp³-hybridized carbons (Fsp3) is 0.160. The second-order valence-electron chi connectivity index (χ2n) is 7.75. The molecule has 1 heterocycles. The van der Waals surface area contributed by atoms with Crippen molar-refractivity contribution in [2.24, 2.45) is 0 Å². The number of aromatic nitrogens is 1. The third-order valence-corrected chi connectivity index (χ3v) is 6.04. The van der Waals surface area contributed by atoms with E-state index in [9.17, 15) is 9.59 Å². The maximum atomic E-state index is 12.3. The maximum Gasteiger partial charge on any atom is 0.314 e. The number of nitrogens with one attached hydrogen (secondary N) is 2. The molecule has 0 atom stereocenters. The average molecular weight is 430 g/mol. The molecule has 0 radical (unpaired) electrons. The molecule has 156 valence electrons. The number of thiazole rings is 1. The Bertz CT molecular complexity index is 1240. The van der Waals surface area contributed by atoms with Crippen molar-refractivity contribution in [2.75, 3.05) is 10.6 Å². The predicted octanol–water partition coefficient (Wildman–Crippen LogP) is 5.97. The largest absolute Gasteiger partial charge is 0.318 e. The van der Waals surface area contributed by atoms with Crippen molar-refractivity contribution < 1.29 is 9.59 Å². The van der Waals surface area contributed by atoms with Crippen LogP contribution in [0.15, 0.2) is 66.7 Å². The van der Waals surface area contributed by atoms with E-state index >= 15 is 0 Å². The minimum absolute atomic E-state index is 0.405. The third-order valence-electron chi connectivity index (χ3n) is 4.98. The third kappa shape index (κ3) is 4.81. The molecular weight excluding hydrogens is 406 g/mol. The van der Waals surface area contributed by atoms with E-state index in [0.717, 1.165) is 20.8 Å². The van der Waals surface area contributed by atoms with Crippen LogP contribution in [-0.2, 0) is 9.59 Å². The summed E-state index contributed by atoms with van der Waals surface area (Å²) in [6, 6.07) is 21.0. The van der Waals surface area contributed by atoms with Gasteiger partial charge in [-0.25, -0.2) is 4.98 Å². The highest BCUT2D eigenvalue weighted by atomic mass is 32.1. The quantitative estimate of drug-likeness (QED) is 0.393. The predicted molar refractivity (Wildman–Crippen MR) is 128 cm³/mol. The first kappa shape index (κ1) is 20.8. The van der Waals surface area contributed by atoms with Gasteiger partial charge in [0.25, 0.3) is 0 Å². The Kier molecular flexibility index (Phi) is 5.82. The van der Waals surface area contributed by atoms with E-state index in [1.807, 2.05) is 36.4 Å². The fourth-order valence-electron chi connectivity index (χ4n) is 3.18. The van der Waals surface area contributed by atoms with E-state index in [1.165, 1.54) is 11.1 Å². The Balaban J connectivity index is 1.40. The minimum atomic E-state index is -0.712. The summed E-state index contributed by atoms with van der Waals surface area (Å²) in [5.41, 5.74) is 5.45. The number of carbonyl (C=O) groups is 2. The second kappa shape index (κ2) is 8.70. The van der Waals surface area contributed by atoms with Gasteiger partial charge in [0.1, 0.15) is 5.01 Å². The van der Waals surface area contributed by atoms with Crippen molar-refractivity contribution in [3.63, 3.8) is 0 Å². The van der Waals surface area contributed by atoms with Gasteiger partial charge < -0.3 is 10.6 Å². The van der Waals surface area contributed by atoms with Crippen molar-refractivity contribution in [3.8, 4) is 10.6 Å². The summed E-state index contributed by atoms with van der Waals surface area (Å²) < 4.78 is 1.14. The van der Waals surface area contributed by atoms with Crippen LogP contribution in [0.3, 0.4) is 0 Å². The van der Waals surface area contributed by atoms with Crippen LogP contribution < -0.4 is 10.6 Å². The van der Waals surface area contributed by atoms with Crippen LogP contribution in [0, 0.1) is 6.92 Å². The molecule has 0 bridgehead atoms. The summed E-state index contributed by atoms with van der Waals surface area (Å²) in [6.45, 7) is 6.27. The summed E-state index contributed by atoms with van der Waals surface area (Å²) in [4.78, 5) is 29.2. The number of benzene rings is 3. The van der Waals surface area contributed by atoms with Crippen molar-refractivity contribution in [1.82, 2.24) is 4.98 Å². The van der Waals surface area contributed by atoms with Gasteiger partial charge in [-0.1, -0.05) is 32.0 Å². The van der Waals surface area contributed by atoms with E-state index in [1.54, 1.807) is 35.6 Å². The Morgan fingerprint density at radius 3 is 2.00 bits per heavy atom. The van der Waals surface area contributed by atoms with Crippen LogP contribution in [0.1, 0.15) is 30.9 Å². The number of hydrogen-bond acceptors (Lipinski definition) is 4. The Labute approximate surface area is 185 Å². The van der Waals surface area contributed by atoms with Gasteiger partial charge in [-0.3, -0.25) is 9.59 Å². The average Bonchev–Trinajstić information content (AvgIpc) is 3.17. The zero-order valence-electron chi connectivity index (χ0n) is 17.6. The number of anilines is 2. The fourth-order valence-corrected chi connectivity index (χ4v) is 4.25. The van der Waals surface area contributed by atoms with Gasteiger partial charge in [0.15, 0.2) is 0 Å². The van der Waals surface area contributed by atoms with Gasteiger partial charge in [0.2, 0.25) is 0 Å². The molecule has 0 aliphatic rings. The smallest absolute Gasteiger partial charge is 0.314 e. The molecule has 4 aromatic rings. The monoisotopic (exact) mass is 429 g/mol. The van der Waals surface area contributed by atoms with Crippen LogP contribution in [-0.4, -0.2) is 16.8 Å². The molecule has 0 fully saturated rings. The molecule has 31 heavy (non-hydrogen) atoms. The van der Waals surface area contributed by atoms with Gasteiger partial charge >= 0.3 is 11.8 Å². The van der Waals surface area contributed by atoms with Crippen LogP contribution in [0.4, 0.5) is 11.4 Å². The summed E-state index contributed by atoms with van der Waals surface area (Å²) >= 11 is 1.63. The summed E-state index contributed by atoms with van der Waals surface area (Å²) in [5.74, 6) is -1.01. The molecule has 0 unspecified atom stereocenters. The van der Waals surface area contributed by atoms with Gasteiger partial charge in [0.05, 0.1) is 10.2 Å². The molecule has 0 saturated heterocycles. The highest BCUT2D eigenvalue weighted by molar-refractivity contribution is 7.21. The maximum absolute atomic E-state index is 12.3. The number of aryl methyl sites for hydroxylation is 1. The van der Waals surface area contributed by atoms with Crippen molar-refractivity contribution in [1.29, 1.82) is 0 Å². The van der Waals surface area contributed by atoms with Gasteiger partial charge in [-0.05, 0) is 72.5 Å². The van der Waals surface area contributed by atoms with Crippen molar-refractivity contribution in [2.45, 2.75) is 26.7 Å². The van der Waals surface area contributed by atoms with Gasteiger partial charge in [0, 0.05) is 16.9 Å². The Morgan fingerprint density at radius 2 is 1.42 bits per heavy atom. The van der Waals surface area contributed by atoms with E-state index in [-0.39, 0.29) is 0 Å². The number of hydrogen-bond donors (Lipinski definition) is 2. The number of carbonyl (C=O) groups excluding carboxylic acids is 2. The van der Waals surface area contributed by atoms with E-state index in [4.69, 9.17) is 0 Å². The van der Waals surface area contributed by atoms with Crippen molar-refractivity contribution >= 4 is 44.7 Å². The standard InChI is InChI=1S/C25H23N3O2S/c1-15(2)17-5-9-19(10-6-17)26-23(29)24(30)27-20-11-7-18(8-12-20)25-28-21-13-4-16(3)14-22(21)31-25/h4-15H,1-3H3,(H,26,29)(H,27,30). The molecular formula is C25H23N3O2S. The second-order valence-corrected chi connectivity index (χ2v) is 8.78. The van der Waals surface area contributed by atoms with Crippen molar-refractivity contribution in [3.05, 3.63) is 77.9 Å². The lowest BCUT2D eigenvalue weighted by Crippen LogP contribution is -2.29. The normalized spacial score (nSPS) is 11.0. The summed E-state index contributed by atoms with van der Waals surface area (Å²) in [7, 11) is 0. The first-order valence-corrected chi connectivity index (χ1v) is 10.9. The minimum Gasteiger partial charge on any atom is -0.318 e. The highest BCUT2D eigenvalue weighted by Crippen LogP contribution is 2.31. The van der Waals surface area contributed by atoms with Gasteiger partial charge in [-0.2, -0.15) is 0 Å². The first-order chi connectivity index (χ1) is 14.9. The van der Waals surface area contributed by atoms with E-state index < -0.39 is 11.8 Å². The zero-order chi connectivity index (χ0) is 22.0. The van der Waals surface area contributed by atoms with Crippen LogP contribution in [0.5, 0.6) is 0 Å². The lowest BCUT2D eigenvalue weighted by Gasteiger charge is -2.09. The molecule has 0 spiro atoms. The summed E-state index contributed by atoms with van der Waals surface area (Å²) in [5, 5.41) is 6.18. The molecule has 5 nitrogen and oxygen atoms in total. The number of rotatable bonds is 4. The molecule has 6 heteroatoms. The molecule has 0 aliphatic heterocycles. The van der Waals surface area contributed by atoms with Gasteiger partial charge in [-0.15, -0.1) is 11.3 Å². The number of amides is 2. The molecule has 4 rings (SSSR count). The Hall–Kier alpha value is -3.51. The Morgan fingerprint density at radius 1 is 0.839 bits per heavy atom. The lowest BCUT2D eigenvalue weighted by atomic mass is 10.0. The van der Waals surface area contributed by atoms with Crippen LogP contribution >= 0.6 is 11.3 Å². The van der Waals surface area contributed by atoms with Crippen LogP contribution in [0.2, 0.25) is 0 Å². The lowest BCUT2D eigenvalue weighted by molar-refractivity contribution is -0.132. The SMILES string of the molecule is Cc1ccc2nc(-c3ccc(NC(=O)C(=O)Nc4ccc(C(C)C)cc4)cc3)sc2c1. The molecule has 2 amide bonds. The number of fused-ring (bicyclic) bond motifs is 1. The first-order valence-electron chi connectivity index (χ1n) is 10.1. The highest BCUT2D eigenvalue weighted by Gasteiger charge is 2.14. The topological polar surface area (TPSA) is 71.1 Å². The molecule has 0 saturated carbocycles. The van der Waals surface area contributed by atoms with E-state index in [0.29, 0.717) is 17.3 Å². The zero-order valence-corrected chi connectivity index (χ0v) is 18.4. The number of nitrogens with zero attached hydrogens (tertiary/aromatic N) is 1. The molecule has 3 aromatic carbocycles.